The number of aromatic nitrogens is 4. The summed E-state index contributed by atoms with van der Waals surface area (Å²) < 4.78 is 29.5. The third kappa shape index (κ3) is 3.85. The first-order valence-electron chi connectivity index (χ1n) is 7.69. The number of nitrogens with one attached hydrogen (secondary N) is 1. The fourth-order valence-corrected chi connectivity index (χ4v) is 3.48. The fraction of sp³-hybridized carbons (Fsp3) is 0.188. The van der Waals surface area contributed by atoms with Crippen molar-refractivity contribution in [1.82, 2.24) is 24.1 Å². The molecule has 0 radical (unpaired) electrons. The molecular formula is C16H16ClN5O3S. The lowest BCUT2D eigenvalue weighted by Crippen LogP contribution is -2.31. The number of rotatable bonds is 6. The predicted molar refractivity (Wildman–Crippen MR) is 97.3 cm³/mol. The summed E-state index contributed by atoms with van der Waals surface area (Å²) >= 11 is 5.76. The summed E-state index contributed by atoms with van der Waals surface area (Å²) in [7, 11) is -2.10. The van der Waals surface area contributed by atoms with Crippen LogP contribution in [0.15, 0.2) is 58.4 Å². The molecule has 0 aliphatic heterocycles. The van der Waals surface area contributed by atoms with Gasteiger partial charge in [-0.2, -0.15) is 0 Å². The van der Waals surface area contributed by atoms with Gasteiger partial charge in [-0.1, -0.05) is 17.7 Å². The van der Waals surface area contributed by atoms with Crippen molar-refractivity contribution in [3.63, 3.8) is 0 Å². The highest BCUT2D eigenvalue weighted by atomic mass is 35.5. The van der Waals surface area contributed by atoms with Crippen LogP contribution in [0.1, 0.15) is 0 Å². The van der Waals surface area contributed by atoms with Crippen LogP contribution in [0.25, 0.3) is 11.5 Å². The van der Waals surface area contributed by atoms with Gasteiger partial charge in [0.15, 0.2) is 5.82 Å². The molecule has 8 nitrogen and oxygen atoms in total. The summed E-state index contributed by atoms with van der Waals surface area (Å²) in [6, 6.07) is 11.1. The van der Waals surface area contributed by atoms with Crippen molar-refractivity contribution in [2.75, 3.05) is 6.54 Å². The average Bonchev–Trinajstić information content (AvgIpc) is 2.91. The number of hydrogen-bond acceptors (Lipinski definition) is 5. The number of sulfonamides is 1. The minimum absolute atomic E-state index is 0.0174. The Hall–Kier alpha value is -2.49. The molecule has 2 aromatic heterocycles. The zero-order valence-electron chi connectivity index (χ0n) is 13.8. The largest absolute Gasteiger partial charge is 0.346 e. The van der Waals surface area contributed by atoms with E-state index in [9.17, 15) is 13.2 Å². The van der Waals surface area contributed by atoms with E-state index in [1.807, 2.05) is 0 Å². The molecule has 3 rings (SSSR count). The third-order valence-corrected chi connectivity index (χ3v) is 5.40. The monoisotopic (exact) mass is 393 g/mol. The van der Waals surface area contributed by atoms with E-state index in [4.69, 9.17) is 11.6 Å². The predicted octanol–water partition coefficient (Wildman–Crippen LogP) is 1.28. The van der Waals surface area contributed by atoms with Crippen LogP contribution in [0.5, 0.6) is 0 Å². The molecule has 0 unspecified atom stereocenters. The average molecular weight is 394 g/mol. The van der Waals surface area contributed by atoms with Gasteiger partial charge >= 0.3 is 5.69 Å². The van der Waals surface area contributed by atoms with Crippen LogP contribution < -0.4 is 10.4 Å². The van der Waals surface area contributed by atoms with Gasteiger partial charge in [0.25, 0.3) is 0 Å². The van der Waals surface area contributed by atoms with Crippen molar-refractivity contribution in [3.8, 4) is 11.5 Å². The Balaban J connectivity index is 1.73. The molecule has 1 N–H and O–H groups in total. The molecule has 136 valence electrons. The van der Waals surface area contributed by atoms with Gasteiger partial charge in [0, 0.05) is 24.8 Å². The number of benzene rings is 1. The number of halogens is 1. The maximum Gasteiger partial charge on any atom is 0.346 e. The summed E-state index contributed by atoms with van der Waals surface area (Å²) in [5, 5.41) is 4.69. The van der Waals surface area contributed by atoms with E-state index in [-0.39, 0.29) is 23.7 Å². The first-order chi connectivity index (χ1) is 12.4. The Bertz CT molecular complexity index is 1060. The highest BCUT2D eigenvalue weighted by Crippen LogP contribution is 2.14. The van der Waals surface area contributed by atoms with Crippen LogP contribution >= 0.6 is 11.6 Å². The van der Waals surface area contributed by atoms with E-state index >= 15 is 0 Å². The van der Waals surface area contributed by atoms with Gasteiger partial charge < -0.3 is 0 Å². The summed E-state index contributed by atoms with van der Waals surface area (Å²) in [4.78, 5) is 16.5. The third-order valence-electron chi connectivity index (χ3n) is 3.67. The molecule has 0 saturated heterocycles. The Morgan fingerprint density at radius 3 is 2.54 bits per heavy atom. The van der Waals surface area contributed by atoms with Gasteiger partial charge in [0.05, 0.1) is 11.4 Å². The van der Waals surface area contributed by atoms with Gasteiger partial charge in [0.1, 0.15) is 5.69 Å². The Kier molecular flexibility index (Phi) is 5.21. The summed E-state index contributed by atoms with van der Waals surface area (Å²) in [6.07, 6.45) is 1.61. The molecule has 0 aliphatic carbocycles. The Morgan fingerprint density at radius 2 is 1.88 bits per heavy atom. The van der Waals surface area contributed by atoms with Crippen molar-refractivity contribution >= 4 is 21.6 Å². The van der Waals surface area contributed by atoms with Crippen LogP contribution in [-0.2, 0) is 23.6 Å². The molecule has 0 atom stereocenters. The van der Waals surface area contributed by atoms with Crippen molar-refractivity contribution in [2.45, 2.75) is 11.4 Å². The maximum atomic E-state index is 12.3. The van der Waals surface area contributed by atoms with Crippen molar-refractivity contribution < 1.29 is 8.42 Å². The fourth-order valence-electron chi connectivity index (χ4n) is 2.33. The quantitative estimate of drug-likeness (QED) is 0.680. The minimum Gasteiger partial charge on any atom is -0.277 e. The zero-order chi connectivity index (χ0) is 18.7. The second kappa shape index (κ2) is 7.40. The molecule has 0 saturated carbocycles. The molecule has 10 heteroatoms. The van der Waals surface area contributed by atoms with E-state index < -0.39 is 10.0 Å². The summed E-state index contributed by atoms with van der Waals surface area (Å²) in [5.41, 5.74) is 0.212. The first kappa shape index (κ1) is 18.3. The molecule has 0 amide bonds. The van der Waals surface area contributed by atoms with Crippen molar-refractivity contribution in [2.24, 2.45) is 7.05 Å². The highest BCUT2D eigenvalue weighted by Gasteiger charge is 2.16. The summed E-state index contributed by atoms with van der Waals surface area (Å²) in [5.74, 6) is 0.413. The van der Waals surface area contributed by atoms with Crippen molar-refractivity contribution in [3.05, 3.63) is 64.2 Å². The van der Waals surface area contributed by atoms with E-state index in [2.05, 4.69) is 14.8 Å². The molecular weight excluding hydrogens is 378 g/mol. The number of nitrogens with zero attached hydrogens (tertiary/aromatic N) is 4. The summed E-state index contributed by atoms with van der Waals surface area (Å²) in [6.45, 7) is 0.107. The zero-order valence-corrected chi connectivity index (χ0v) is 15.4. The normalized spacial score (nSPS) is 11.6. The standard InChI is InChI=1S/C16H16ClN5O3S/c1-21-15(14-4-2-3-9-18-14)20-22(16(21)23)11-10-19-26(24,25)13-7-5-12(17)6-8-13/h2-9,19H,10-11H2,1H3. The molecule has 26 heavy (non-hydrogen) atoms. The lowest BCUT2D eigenvalue weighted by molar-refractivity contribution is 0.551. The van der Waals surface area contributed by atoms with E-state index in [1.165, 1.54) is 33.5 Å². The van der Waals surface area contributed by atoms with E-state index in [0.29, 0.717) is 16.5 Å². The molecule has 0 spiro atoms. The lowest BCUT2D eigenvalue weighted by atomic mass is 10.3. The number of pyridine rings is 1. The second-order valence-electron chi connectivity index (χ2n) is 5.46. The van der Waals surface area contributed by atoms with Gasteiger partial charge in [-0.05, 0) is 36.4 Å². The molecule has 2 heterocycles. The second-order valence-corrected chi connectivity index (χ2v) is 7.66. The SMILES string of the molecule is Cn1c(-c2ccccn2)nn(CCNS(=O)(=O)c2ccc(Cl)cc2)c1=O. The molecule has 0 fully saturated rings. The first-order valence-corrected chi connectivity index (χ1v) is 9.55. The Labute approximate surface area is 155 Å². The molecule has 0 aliphatic rings. The van der Waals surface area contributed by atoms with Crippen molar-refractivity contribution in [1.29, 1.82) is 0 Å². The van der Waals surface area contributed by atoms with Crippen LogP contribution in [-0.4, -0.2) is 34.3 Å². The van der Waals surface area contributed by atoms with Gasteiger partial charge in [-0.15, -0.1) is 5.10 Å². The smallest absolute Gasteiger partial charge is 0.277 e. The number of hydrogen-bond donors (Lipinski definition) is 1. The van der Waals surface area contributed by atoms with Gasteiger partial charge in [0.2, 0.25) is 10.0 Å². The van der Waals surface area contributed by atoms with E-state index in [1.54, 1.807) is 31.4 Å². The van der Waals surface area contributed by atoms with E-state index in [0.717, 1.165) is 0 Å². The highest BCUT2D eigenvalue weighted by molar-refractivity contribution is 7.89. The van der Waals surface area contributed by atoms with Crippen LogP contribution in [0, 0.1) is 0 Å². The topological polar surface area (TPSA) is 98.9 Å². The molecule has 0 bridgehead atoms. The Morgan fingerprint density at radius 1 is 1.15 bits per heavy atom. The van der Waals surface area contributed by atoms with Gasteiger partial charge in [-0.25, -0.2) is 22.6 Å². The minimum atomic E-state index is -3.69. The van der Waals surface area contributed by atoms with Crippen LogP contribution in [0.3, 0.4) is 0 Å². The molecule has 1 aromatic carbocycles. The maximum absolute atomic E-state index is 12.3. The van der Waals surface area contributed by atoms with Crippen LogP contribution in [0.4, 0.5) is 0 Å². The lowest BCUT2D eigenvalue weighted by Gasteiger charge is -2.06. The van der Waals surface area contributed by atoms with Crippen LogP contribution in [0.2, 0.25) is 5.02 Å². The van der Waals surface area contributed by atoms with Gasteiger partial charge in [-0.3, -0.25) is 9.55 Å². The molecule has 3 aromatic rings.